The highest BCUT2D eigenvalue weighted by atomic mass is 32.1. The first kappa shape index (κ1) is 15.7. The molecule has 0 saturated carbocycles. The lowest BCUT2D eigenvalue weighted by molar-refractivity contribution is -0.133. The Kier molecular flexibility index (Phi) is 5.53. The van der Waals surface area contributed by atoms with Gasteiger partial charge in [0.25, 0.3) is 0 Å². The second-order valence-corrected chi connectivity index (χ2v) is 6.31. The molecule has 0 fully saturated rings. The molecule has 2 unspecified atom stereocenters. The Morgan fingerprint density at radius 2 is 1.95 bits per heavy atom. The number of likely N-dealkylation sites (N-methyl/N-ethyl adjacent to an activating group) is 1. The molecule has 0 aliphatic heterocycles. The Labute approximate surface area is 130 Å². The topological polar surface area (TPSA) is 46.3 Å². The molecule has 0 aliphatic rings. The molecule has 1 aromatic carbocycles. The molecule has 0 bridgehead atoms. The summed E-state index contributed by atoms with van der Waals surface area (Å²) in [5.74, 6) is -0.172. The maximum atomic E-state index is 12.7. The number of amides is 1. The largest absolute Gasteiger partial charge is 0.342 e. The summed E-state index contributed by atoms with van der Waals surface area (Å²) in [5.41, 5.74) is 6.82. The van der Waals surface area contributed by atoms with Crippen LogP contribution in [0.2, 0.25) is 0 Å². The third-order valence-corrected chi connectivity index (χ3v) is 4.72. The van der Waals surface area contributed by atoms with Gasteiger partial charge in [-0.05, 0) is 23.9 Å². The van der Waals surface area contributed by atoms with Crippen molar-refractivity contribution in [2.24, 2.45) is 5.73 Å². The Morgan fingerprint density at radius 1 is 1.24 bits per heavy atom. The molecule has 0 saturated heterocycles. The van der Waals surface area contributed by atoms with Gasteiger partial charge in [0.15, 0.2) is 0 Å². The molecule has 2 N–H and O–H groups in total. The Hall–Kier alpha value is -1.65. The molecule has 0 radical (unpaired) electrons. The highest BCUT2D eigenvalue weighted by Gasteiger charge is 2.25. The zero-order valence-electron chi connectivity index (χ0n) is 12.5. The lowest BCUT2D eigenvalue weighted by Gasteiger charge is -2.28. The molecule has 0 aliphatic carbocycles. The SMILES string of the molecule is CC(Cc1cccs1)N(C)C(=O)C(CN)c1ccccc1. The van der Waals surface area contributed by atoms with E-state index in [-0.39, 0.29) is 17.9 Å². The van der Waals surface area contributed by atoms with Gasteiger partial charge in [-0.25, -0.2) is 0 Å². The van der Waals surface area contributed by atoms with Crippen LogP contribution in [0.4, 0.5) is 0 Å². The summed E-state index contributed by atoms with van der Waals surface area (Å²) in [7, 11) is 1.87. The van der Waals surface area contributed by atoms with Crippen LogP contribution in [0.3, 0.4) is 0 Å². The van der Waals surface area contributed by atoms with E-state index in [9.17, 15) is 4.79 Å². The van der Waals surface area contributed by atoms with Crippen molar-refractivity contribution in [3.8, 4) is 0 Å². The molecular formula is C17H22N2OS. The van der Waals surface area contributed by atoms with E-state index in [2.05, 4.69) is 18.4 Å². The molecule has 21 heavy (non-hydrogen) atoms. The second-order valence-electron chi connectivity index (χ2n) is 5.28. The quantitative estimate of drug-likeness (QED) is 0.892. The van der Waals surface area contributed by atoms with Crippen LogP contribution in [0.15, 0.2) is 47.8 Å². The number of nitrogens with two attached hydrogens (primary N) is 1. The van der Waals surface area contributed by atoms with Crippen LogP contribution < -0.4 is 5.73 Å². The standard InChI is InChI=1S/C17H22N2OS/c1-13(11-15-9-6-10-21-15)19(2)17(20)16(12-18)14-7-4-3-5-8-14/h3-10,13,16H,11-12,18H2,1-2H3. The van der Waals surface area contributed by atoms with Gasteiger partial charge < -0.3 is 10.6 Å². The van der Waals surface area contributed by atoms with E-state index in [1.54, 1.807) is 11.3 Å². The zero-order chi connectivity index (χ0) is 15.2. The van der Waals surface area contributed by atoms with Crippen molar-refractivity contribution >= 4 is 17.2 Å². The number of rotatable bonds is 6. The molecular weight excluding hydrogens is 280 g/mol. The van der Waals surface area contributed by atoms with Gasteiger partial charge in [0, 0.05) is 30.9 Å². The Balaban J connectivity index is 2.06. The van der Waals surface area contributed by atoms with Crippen LogP contribution in [-0.2, 0) is 11.2 Å². The van der Waals surface area contributed by atoms with Gasteiger partial charge in [-0.15, -0.1) is 11.3 Å². The van der Waals surface area contributed by atoms with E-state index >= 15 is 0 Å². The van der Waals surface area contributed by atoms with Crippen molar-refractivity contribution in [2.45, 2.75) is 25.3 Å². The zero-order valence-corrected chi connectivity index (χ0v) is 13.3. The molecule has 1 aromatic heterocycles. The van der Waals surface area contributed by atoms with E-state index in [1.165, 1.54) is 4.88 Å². The minimum Gasteiger partial charge on any atom is -0.342 e. The highest BCUT2D eigenvalue weighted by molar-refractivity contribution is 7.09. The predicted octanol–water partition coefficient (Wildman–Crippen LogP) is 2.88. The number of thiophene rings is 1. The maximum Gasteiger partial charge on any atom is 0.231 e. The third-order valence-electron chi connectivity index (χ3n) is 3.82. The van der Waals surface area contributed by atoms with Gasteiger partial charge in [-0.3, -0.25) is 4.79 Å². The second kappa shape index (κ2) is 7.38. The molecule has 2 aromatic rings. The van der Waals surface area contributed by atoms with Gasteiger partial charge in [0.2, 0.25) is 5.91 Å². The van der Waals surface area contributed by atoms with E-state index in [1.807, 2.05) is 48.3 Å². The molecule has 3 nitrogen and oxygen atoms in total. The summed E-state index contributed by atoms with van der Waals surface area (Å²) in [5, 5.41) is 2.07. The first-order chi connectivity index (χ1) is 10.1. The third kappa shape index (κ3) is 3.93. The smallest absolute Gasteiger partial charge is 0.231 e. The van der Waals surface area contributed by atoms with E-state index < -0.39 is 0 Å². The lowest BCUT2D eigenvalue weighted by atomic mass is 9.97. The maximum absolute atomic E-state index is 12.7. The average molecular weight is 302 g/mol. The minimum atomic E-state index is -0.262. The number of benzene rings is 1. The molecule has 1 heterocycles. The van der Waals surface area contributed by atoms with Crippen molar-refractivity contribution < 1.29 is 4.79 Å². The summed E-state index contributed by atoms with van der Waals surface area (Å²) in [6, 6.07) is 14.1. The van der Waals surface area contributed by atoms with Crippen LogP contribution in [0.25, 0.3) is 0 Å². The summed E-state index contributed by atoms with van der Waals surface area (Å²) in [6.45, 7) is 2.41. The van der Waals surface area contributed by atoms with Gasteiger partial charge in [0.1, 0.15) is 0 Å². The van der Waals surface area contributed by atoms with Crippen molar-refractivity contribution in [1.82, 2.24) is 4.90 Å². The van der Waals surface area contributed by atoms with E-state index in [4.69, 9.17) is 5.73 Å². The summed E-state index contributed by atoms with van der Waals surface area (Å²) < 4.78 is 0. The molecule has 112 valence electrons. The first-order valence-corrected chi connectivity index (χ1v) is 8.05. The van der Waals surface area contributed by atoms with Crippen LogP contribution in [0.1, 0.15) is 23.3 Å². The minimum absolute atomic E-state index is 0.0905. The Bertz CT molecular complexity index is 553. The average Bonchev–Trinajstić information content (AvgIpc) is 3.01. The van der Waals surface area contributed by atoms with Crippen molar-refractivity contribution in [3.05, 3.63) is 58.3 Å². The fourth-order valence-corrected chi connectivity index (χ4v) is 3.21. The van der Waals surface area contributed by atoms with E-state index in [0.717, 1.165) is 12.0 Å². The summed E-state index contributed by atoms with van der Waals surface area (Å²) in [6.07, 6.45) is 0.881. The molecule has 0 spiro atoms. The van der Waals surface area contributed by atoms with Crippen LogP contribution in [0.5, 0.6) is 0 Å². The first-order valence-electron chi connectivity index (χ1n) is 7.17. The Morgan fingerprint density at radius 3 is 2.52 bits per heavy atom. The molecule has 2 atom stereocenters. The lowest BCUT2D eigenvalue weighted by Crippen LogP contribution is -2.41. The van der Waals surface area contributed by atoms with Crippen LogP contribution >= 0.6 is 11.3 Å². The molecule has 2 rings (SSSR count). The number of carbonyl (C=O) groups is 1. The summed E-state index contributed by atoms with van der Waals surface area (Å²) in [4.78, 5) is 15.8. The number of nitrogens with zero attached hydrogens (tertiary/aromatic N) is 1. The van der Waals surface area contributed by atoms with Gasteiger partial charge in [-0.2, -0.15) is 0 Å². The van der Waals surface area contributed by atoms with Crippen LogP contribution in [0, 0.1) is 0 Å². The van der Waals surface area contributed by atoms with Crippen LogP contribution in [-0.4, -0.2) is 30.4 Å². The predicted molar refractivity (Wildman–Crippen MR) is 88.5 cm³/mol. The fraction of sp³-hybridized carbons (Fsp3) is 0.353. The van der Waals surface area contributed by atoms with Crippen molar-refractivity contribution in [1.29, 1.82) is 0 Å². The number of hydrogen-bond acceptors (Lipinski definition) is 3. The monoisotopic (exact) mass is 302 g/mol. The van der Waals surface area contributed by atoms with Gasteiger partial charge in [0.05, 0.1) is 5.92 Å². The van der Waals surface area contributed by atoms with Gasteiger partial charge in [-0.1, -0.05) is 36.4 Å². The normalized spacial score (nSPS) is 13.7. The van der Waals surface area contributed by atoms with Crippen molar-refractivity contribution in [3.63, 3.8) is 0 Å². The molecule has 1 amide bonds. The summed E-state index contributed by atoms with van der Waals surface area (Å²) >= 11 is 1.73. The fourth-order valence-electron chi connectivity index (χ4n) is 2.38. The molecule has 4 heteroatoms. The van der Waals surface area contributed by atoms with E-state index in [0.29, 0.717) is 6.54 Å². The highest BCUT2D eigenvalue weighted by Crippen LogP contribution is 2.20. The number of carbonyl (C=O) groups excluding carboxylic acids is 1. The van der Waals surface area contributed by atoms with Crippen molar-refractivity contribution in [2.75, 3.05) is 13.6 Å². The number of hydrogen-bond donors (Lipinski definition) is 1. The van der Waals surface area contributed by atoms with Gasteiger partial charge >= 0.3 is 0 Å².